The highest BCUT2D eigenvalue weighted by Crippen LogP contribution is 2.47. The lowest BCUT2D eigenvalue weighted by Gasteiger charge is -2.27. The van der Waals surface area contributed by atoms with Crippen LogP contribution in [0.1, 0.15) is 33.6 Å². The fourth-order valence-corrected chi connectivity index (χ4v) is 4.56. The van der Waals surface area contributed by atoms with E-state index in [0.717, 1.165) is 50.5 Å². The third kappa shape index (κ3) is 3.95. The number of aliphatic imine (C=N–C) groups is 1. The smallest absolute Gasteiger partial charge is 0.193 e. The van der Waals surface area contributed by atoms with Gasteiger partial charge in [0.15, 0.2) is 5.96 Å². The Labute approximate surface area is 158 Å². The van der Waals surface area contributed by atoms with Gasteiger partial charge >= 0.3 is 0 Å². The van der Waals surface area contributed by atoms with E-state index in [2.05, 4.69) is 40.9 Å². The van der Waals surface area contributed by atoms with Gasteiger partial charge in [-0.15, -0.1) is 24.0 Å². The fourth-order valence-electron chi connectivity index (χ4n) is 4.56. The van der Waals surface area contributed by atoms with Gasteiger partial charge in [0.2, 0.25) is 0 Å². The molecule has 0 radical (unpaired) electrons. The Hall–Kier alpha value is -0.0800. The van der Waals surface area contributed by atoms with Crippen molar-refractivity contribution in [3.05, 3.63) is 0 Å². The van der Waals surface area contributed by atoms with Crippen molar-refractivity contribution in [2.45, 2.75) is 51.9 Å². The van der Waals surface area contributed by atoms with E-state index in [1.165, 1.54) is 12.8 Å². The maximum atomic E-state index is 6.06. The first-order chi connectivity index (χ1) is 10.6. The quantitative estimate of drug-likeness (QED) is 0.407. The number of rotatable bonds is 5. The lowest BCUT2D eigenvalue weighted by Crippen LogP contribution is -2.45. The Morgan fingerprint density at radius 3 is 2.35 bits per heavy atom. The summed E-state index contributed by atoms with van der Waals surface area (Å²) < 4.78 is 6.06. The van der Waals surface area contributed by atoms with Gasteiger partial charge in [0.25, 0.3) is 0 Å². The molecule has 0 aromatic carbocycles. The predicted octanol–water partition coefficient (Wildman–Crippen LogP) is 2.02. The van der Waals surface area contributed by atoms with Crippen LogP contribution in [0.3, 0.4) is 0 Å². The van der Waals surface area contributed by atoms with E-state index in [4.69, 9.17) is 4.74 Å². The summed E-state index contributed by atoms with van der Waals surface area (Å²) in [5.41, 5.74) is 0. The minimum atomic E-state index is 0. The molecule has 1 N–H and O–H groups in total. The van der Waals surface area contributed by atoms with Gasteiger partial charge in [-0.1, -0.05) is 6.92 Å². The average Bonchev–Trinajstić information content (AvgIpc) is 3.19. The van der Waals surface area contributed by atoms with E-state index in [-0.39, 0.29) is 24.0 Å². The number of fused-ring (bicyclic) bond motifs is 5. The molecule has 0 aromatic heterocycles. The maximum Gasteiger partial charge on any atom is 0.193 e. The highest BCUT2D eigenvalue weighted by molar-refractivity contribution is 14.0. The van der Waals surface area contributed by atoms with Crippen LogP contribution in [0.25, 0.3) is 0 Å². The monoisotopic (exact) mass is 436 g/mol. The van der Waals surface area contributed by atoms with Gasteiger partial charge in [-0.25, -0.2) is 0 Å². The lowest BCUT2D eigenvalue weighted by atomic mass is 9.82. The van der Waals surface area contributed by atoms with E-state index < -0.39 is 0 Å². The van der Waals surface area contributed by atoms with Crippen LogP contribution in [0.4, 0.5) is 0 Å². The minimum absolute atomic E-state index is 0. The third-order valence-electron chi connectivity index (χ3n) is 5.78. The Balaban J connectivity index is 0.00000192. The Bertz CT molecular complexity index is 399. The number of hydrogen-bond donors (Lipinski definition) is 1. The van der Waals surface area contributed by atoms with Crippen molar-refractivity contribution >= 4 is 29.9 Å². The van der Waals surface area contributed by atoms with Crippen LogP contribution in [0.15, 0.2) is 4.99 Å². The van der Waals surface area contributed by atoms with Crippen LogP contribution in [-0.2, 0) is 4.74 Å². The number of likely N-dealkylation sites (N-methyl/N-ethyl adjacent to an activating group) is 1. The molecule has 23 heavy (non-hydrogen) atoms. The first-order valence-electron chi connectivity index (χ1n) is 8.99. The molecule has 3 aliphatic heterocycles. The highest BCUT2D eigenvalue weighted by Gasteiger charge is 2.53. The number of ether oxygens (including phenoxy) is 1. The van der Waals surface area contributed by atoms with Crippen molar-refractivity contribution in [2.24, 2.45) is 16.8 Å². The summed E-state index contributed by atoms with van der Waals surface area (Å²) in [7, 11) is 1.90. The van der Waals surface area contributed by atoms with Crippen molar-refractivity contribution in [3.63, 3.8) is 0 Å². The second kappa shape index (κ2) is 8.34. The van der Waals surface area contributed by atoms with Gasteiger partial charge in [0.1, 0.15) is 0 Å². The third-order valence-corrected chi connectivity index (χ3v) is 5.78. The molecule has 5 nitrogen and oxygen atoms in total. The van der Waals surface area contributed by atoms with Gasteiger partial charge in [-0.3, -0.25) is 9.89 Å². The summed E-state index contributed by atoms with van der Waals surface area (Å²) in [4.78, 5) is 9.44. The fraction of sp³-hybridized carbons (Fsp3) is 0.941. The molecule has 0 amide bonds. The zero-order valence-corrected chi connectivity index (χ0v) is 17.3. The molecule has 134 valence electrons. The summed E-state index contributed by atoms with van der Waals surface area (Å²) in [6, 6.07) is 0.604. The molecule has 0 saturated carbocycles. The first kappa shape index (κ1) is 19.2. The van der Waals surface area contributed by atoms with Crippen molar-refractivity contribution in [1.29, 1.82) is 0 Å². The molecule has 4 atom stereocenters. The Morgan fingerprint density at radius 1 is 1.26 bits per heavy atom. The van der Waals surface area contributed by atoms with E-state index in [9.17, 15) is 0 Å². The Morgan fingerprint density at radius 2 is 1.87 bits per heavy atom. The molecular formula is C17H33IN4O. The van der Waals surface area contributed by atoms with Crippen LogP contribution in [0, 0.1) is 11.8 Å². The van der Waals surface area contributed by atoms with E-state index in [1.54, 1.807) is 0 Å². The number of nitrogens with one attached hydrogen (secondary N) is 1. The minimum Gasteiger partial charge on any atom is -0.374 e. The van der Waals surface area contributed by atoms with Crippen LogP contribution < -0.4 is 5.32 Å². The van der Waals surface area contributed by atoms with Crippen molar-refractivity contribution in [3.8, 4) is 0 Å². The largest absolute Gasteiger partial charge is 0.374 e. The van der Waals surface area contributed by atoms with E-state index >= 15 is 0 Å². The number of hydrogen-bond acceptors (Lipinski definition) is 3. The number of halogens is 1. The second-order valence-electron chi connectivity index (χ2n) is 7.22. The van der Waals surface area contributed by atoms with E-state index in [0.29, 0.717) is 18.2 Å². The molecule has 4 unspecified atom stereocenters. The van der Waals surface area contributed by atoms with Crippen LogP contribution in [0.2, 0.25) is 0 Å². The summed E-state index contributed by atoms with van der Waals surface area (Å²) in [5, 5.41) is 3.56. The van der Waals surface area contributed by atoms with Crippen LogP contribution >= 0.6 is 24.0 Å². The SMILES string of the molecule is CCN(CCNC(=NC)N1CC2C3CCC(O3)C2C1)C(C)C.I. The zero-order chi connectivity index (χ0) is 15.7. The summed E-state index contributed by atoms with van der Waals surface area (Å²) in [6.07, 6.45) is 3.58. The summed E-state index contributed by atoms with van der Waals surface area (Å²) >= 11 is 0. The van der Waals surface area contributed by atoms with Gasteiger partial charge < -0.3 is 15.0 Å². The Kier molecular flexibility index (Phi) is 6.98. The van der Waals surface area contributed by atoms with Crippen LogP contribution in [-0.4, -0.2) is 73.8 Å². The van der Waals surface area contributed by atoms with E-state index in [1.807, 2.05) is 7.05 Å². The summed E-state index contributed by atoms with van der Waals surface area (Å²) in [5.74, 6) is 2.55. The summed E-state index contributed by atoms with van der Waals surface area (Å²) in [6.45, 7) is 12.1. The van der Waals surface area contributed by atoms with Crippen LogP contribution in [0.5, 0.6) is 0 Å². The van der Waals surface area contributed by atoms with Gasteiger partial charge in [0, 0.05) is 51.1 Å². The van der Waals surface area contributed by atoms with Crippen molar-refractivity contribution in [2.75, 3.05) is 39.8 Å². The topological polar surface area (TPSA) is 40.1 Å². The number of guanidine groups is 1. The second-order valence-corrected chi connectivity index (χ2v) is 7.22. The lowest BCUT2D eigenvalue weighted by molar-refractivity contribution is 0.0767. The highest BCUT2D eigenvalue weighted by atomic mass is 127. The molecule has 3 fully saturated rings. The molecule has 3 heterocycles. The normalized spacial score (nSPS) is 32.6. The standard InChI is InChI=1S/C17H32N4O.HI/c1-5-20(12(2)3)9-8-19-17(18-4)21-10-13-14(11-21)16-7-6-15(13)22-16;/h12-16H,5-11H2,1-4H3,(H,18,19);1H. The molecular weight excluding hydrogens is 403 g/mol. The predicted molar refractivity (Wildman–Crippen MR) is 106 cm³/mol. The number of likely N-dealkylation sites (tertiary alicyclic amines) is 1. The molecule has 3 aliphatic rings. The molecule has 3 saturated heterocycles. The molecule has 0 spiro atoms. The average molecular weight is 436 g/mol. The molecule has 2 bridgehead atoms. The molecule has 0 aliphatic carbocycles. The van der Waals surface area contributed by atoms with Gasteiger partial charge in [-0.2, -0.15) is 0 Å². The van der Waals surface area contributed by atoms with Gasteiger partial charge in [0.05, 0.1) is 12.2 Å². The molecule has 6 heteroatoms. The zero-order valence-electron chi connectivity index (χ0n) is 15.0. The first-order valence-corrected chi connectivity index (χ1v) is 8.99. The van der Waals surface area contributed by atoms with Crippen molar-refractivity contribution in [1.82, 2.24) is 15.1 Å². The number of nitrogens with zero attached hydrogens (tertiary/aromatic N) is 3. The molecule has 0 aromatic rings. The van der Waals surface area contributed by atoms with Gasteiger partial charge in [-0.05, 0) is 33.2 Å². The van der Waals surface area contributed by atoms with Crippen molar-refractivity contribution < 1.29 is 4.74 Å². The maximum absolute atomic E-state index is 6.06. The molecule has 3 rings (SSSR count).